The number of methoxy groups -OCH3 is 1. The van der Waals surface area contributed by atoms with Gasteiger partial charge in [0.2, 0.25) is 5.91 Å². The molecular formula is C19H24N2O3. The third kappa shape index (κ3) is 2.94. The number of nitrogens with zero attached hydrogens (tertiary/aromatic N) is 1. The van der Waals surface area contributed by atoms with Crippen molar-refractivity contribution >= 4 is 22.8 Å². The van der Waals surface area contributed by atoms with E-state index in [4.69, 9.17) is 4.74 Å². The number of benzene rings is 1. The van der Waals surface area contributed by atoms with Crippen LogP contribution in [0.1, 0.15) is 31.7 Å². The van der Waals surface area contributed by atoms with E-state index in [0.29, 0.717) is 0 Å². The molecule has 2 rings (SSSR count). The zero-order chi connectivity index (χ0) is 17.9. The summed E-state index contributed by atoms with van der Waals surface area (Å²) < 4.78 is 7.04. The highest BCUT2D eigenvalue weighted by Crippen LogP contribution is 2.37. The van der Waals surface area contributed by atoms with Crippen molar-refractivity contribution in [3.8, 4) is 0 Å². The Morgan fingerprint density at radius 3 is 2.67 bits per heavy atom. The molecule has 0 aliphatic carbocycles. The topological polar surface area (TPSA) is 60.3 Å². The molecule has 1 aromatic heterocycles. The first-order valence-corrected chi connectivity index (χ1v) is 7.89. The van der Waals surface area contributed by atoms with Gasteiger partial charge in [0.1, 0.15) is 5.54 Å². The number of carbonyl (C=O) groups excluding carboxylic acids is 2. The number of hydrogen-bond donors (Lipinski definition) is 1. The van der Waals surface area contributed by atoms with Crippen LogP contribution in [0.15, 0.2) is 43.1 Å². The highest BCUT2D eigenvalue weighted by atomic mass is 16.5. The summed E-state index contributed by atoms with van der Waals surface area (Å²) in [5.41, 5.74) is 0.862. The molecule has 0 fully saturated rings. The molecule has 128 valence electrons. The minimum atomic E-state index is -1.19. The number of aromatic nitrogens is 1. The van der Waals surface area contributed by atoms with Crippen molar-refractivity contribution in [2.75, 3.05) is 7.11 Å². The number of esters is 1. The van der Waals surface area contributed by atoms with Gasteiger partial charge >= 0.3 is 5.97 Å². The van der Waals surface area contributed by atoms with Crippen molar-refractivity contribution in [3.63, 3.8) is 0 Å². The predicted molar refractivity (Wildman–Crippen MR) is 94.7 cm³/mol. The van der Waals surface area contributed by atoms with E-state index in [1.807, 2.05) is 49.0 Å². The molecule has 0 bridgehead atoms. The molecule has 0 aliphatic heterocycles. The molecule has 5 heteroatoms. The molecule has 1 heterocycles. The largest absolute Gasteiger partial charge is 0.467 e. The van der Waals surface area contributed by atoms with Gasteiger partial charge < -0.3 is 14.6 Å². The van der Waals surface area contributed by atoms with Crippen LogP contribution in [0.2, 0.25) is 0 Å². The van der Waals surface area contributed by atoms with Crippen LogP contribution in [0, 0.1) is 0 Å². The highest BCUT2D eigenvalue weighted by molar-refractivity contribution is 5.91. The number of aryl methyl sites for hydroxylation is 1. The Morgan fingerprint density at radius 2 is 2.08 bits per heavy atom. The Hall–Kier alpha value is -2.56. The van der Waals surface area contributed by atoms with Crippen molar-refractivity contribution in [2.24, 2.45) is 7.05 Å². The van der Waals surface area contributed by atoms with E-state index in [1.54, 1.807) is 6.08 Å². The fraction of sp³-hybridized carbons (Fsp3) is 0.368. The minimum Gasteiger partial charge on any atom is -0.467 e. The van der Waals surface area contributed by atoms with Crippen LogP contribution in [0.25, 0.3) is 10.9 Å². The van der Waals surface area contributed by atoms with E-state index in [1.165, 1.54) is 14.0 Å². The Bertz CT molecular complexity index is 778. The first kappa shape index (κ1) is 17.8. The van der Waals surface area contributed by atoms with Gasteiger partial charge in [-0.15, -0.1) is 6.58 Å². The molecule has 1 amide bonds. The van der Waals surface area contributed by atoms with E-state index in [0.717, 1.165) is 16.5 Å². The van der Waals surface area contributed by atoms with Gasteiger partial charge in [-0.2, -0.15) is 0 Å². The predicted octanol–water partition coefficient (Wildman–Crippen LogP) is 2.91. The lowest BCUT2D eigenvalue weighted by Crippen LogP contribution is -2.57. The Labute approximate surface area is 142 Å². The molecule has 0 radical (unpaired) electrons. The van der Waals surface area contributed by atoms with E-state index in [2.05, 4.69) is 11.9 Å². The van der Waals surface area contributed by atoms with Gasteiger partial charge in [-0.25, -0.2) is 4.79 Å². The maximum atomic E-state index is 12.6. The number of rotatable bonds is 6. The summed E-state index contributed by atoms with van der Waals surface area (Å²) in [4.78, 5) is 24.4. The van der Waals surface area contributed by atoms with E-state index < -0.39 is 11.5 Å². The highest BCUT2D eigenvalue weighted by Gasteiger charge is 2.46. The van der Waals surface area contributed by atoms with Gasteiger partial charge in [-0.05, 0) is 18.1 Å². The standard InChI is InChI=1S/C19H24N2O3/c1-6-11-19(18(23)24-5,20-14(3)22)13(2)16-12-21(4)17-10-8-7-9-15(16)17/h6-10,12-13H,1,11H2,2-5H3,(H,20,22). The monoisotopic (exact) mass is 328 g/mol. The molecule has 2 atom stereocenters. The van der Waals surface area contributed by atoms with Crippen LogP contribution in [0.4, 0.5) is 0 Å². The SMILES string of the molecule is C=CCC(NC(C)=O)(C(=O)OC)C(C)c1cn(C)c2ccccc12. The van der Waals surface area contributed by atoms with Gasteiger partial charge in [-0.3, -0.25) is 4.79 Å². The van der Waals surface area contributed by atoms with E-state index in [9.17, 15) is 9.59 Å². The maximum absolute atomic E-state index is 12.6. The summed E-state index contributed by atoms with van der Waals surface area (Å²) in [6.45, 7) is 7.08. The number of carbonyl (C=O) groups is 2. The van der Waals surface area contributed by atoms with Crippen LogP contribution in [0.3, 0.4) is 0 Å². The molecule has 0 saturated carbocycles. The molecule has 24 heavy (non-hydrogen) atoms. The fourth-order valence-corrected chi connectivity index (χ4v) is 3.35. The summed E-state index contributed by atoms with van der Waals surface area (Å²) in [6, 6.07) is 7.98. The van der Waals surface area contributed by atoms with Gasteiger partial charge in [0.05, 0.1) is 7.11 Å². The van der Waals surface area contributed by atoms with Crippen molar-refractivity contribution < 1.29 is 14.3 Å². The van der Waals surface area contributed by atoms with Gasteiger partial charge in [0.15, 0.2) is 0 Å². The summed E-state index contributed by atoms with van der Waals surface area (Å²) in [5, 5.41) is 3.87. The molecule has 1 N–H and O–H groups in total. The van der Waals surface area contributed by atoms with E-state index >= 15 is 0 Å². The van der Waals surface area contributed by atoms with Crippen molar-refractivity contribution in [3.05, 3.63) is 48.7 Å². The average molecular weight is 328 g/mol. The summed E-state index contributed by atoms with van der Waals surface area (Å²) >= 11 is 0. The minimum absolute atomic E-state index is 0.281. The fourth-order valence-electron chi connectivity index (χ4n) is 3.35. The third-order valence-electron chi connectivity index (χ3n) is 4.55. The Kier molecular flexibility index (Phi) is 5.12. The van der Waals surface area contributed by atoms with Crippen LogP contribution in [-0.2, 0) is 21.4 Å². The maximum Gasteiger partial charge on any atom is 0.332 e. The smallest absolute Gasteiger partial charge is 0.332 e. The number of amides is 1. The third-order valence-corrected chi connectivity index (χ3v) is 4.55. The van der Waals surface area contributed by atoms with Crippen molar-refractivity contribution in [1.82, 2.24) is 9.88 Å². The van der Waals surface area contributed by atoms with Crippen LogP contribution in [0.5, 0.6) is 0 Å². The molecule has 1 aromatic carbocycles. The van der Waals surface area contributed by atoms with Crippen LogP contribution in [-0.4, -0.2) is 29.1 Å². The lowest BCUT2D eigenvalue weighted by molar-refractivity contribution is -0.151. The van der Waals surface area contributed by atoms with Crippen LogP contribution >= 0.6 is 0 Å². The molecule has 0 saturated heterocycles. The summed E-state index contributed by atoms with van der Waals surface area (Å²) in [6.07, 6.45) is 3.91. The van der Waals surface area contributed by atoms with Crippen LogP contribution < -0.4 is 5.32 Å². The second kappa shape index (κ2) is 6.91. The molecule has 2 unspecified atom stereocenters. The molecule has 0 spiro atoms. The van der Waals surface area contributed by atoms with Gasteiger partial charge in [0.25, 0.3) is 0 Å². The second-order valence-electron chi connectivity index (χ2n) is 6.07. The first-order chi connectivity index (χ1) is 11.4. The lowest BCUT2D eigenvalue weighted by Gasteiger charge is -2.36. The summed E-state index contributed by atoms with van der Waals surface area (Å²) in [7, 11) is 3.29. The molecular weight excluding hydrogens is 304 g/mol. The number of hydrogen-bond acceptors (Lipinski definition) is 3. The normalized spacial score (nSPS) is 14.7. The van der Waals surface area contributed by atoms with Gasteiger partial charge in [-0.1, -0.05) is 31.2 Å². The molecule has 2 aromatic rings. The zero-order valence-corrected chi connectivity index (χ0v) is 14.6. The average Bonchev–Trinajstić information content (AvgIpc) is 2.89. The second-order valence-corrected chi connectivity index (χ2v) is 6.07. The molecule has 5 nitrogen and oxygen atoms in total. The molecule has 0 aliphatic rings. The van der Waals surface area contributed by atoms with Gasteiger partial charge in [0, 0.05) is 37.0 Å². The van der Waals surface area contributed by atoms with Crippen molar-refractivity contribution in [2.45, 2.75) is 31.7 Å². The number of para-hydroxylation sites is 1. The lowest BCUT2D eigenvalue weighted by atomic mass is 9.77. The number of nitrogens with one attached hydrogen (secondary N) is 1. The van der Waals surface area contributed by atoms with Crippen molar-refractivity contribution in [1.29, 1.82) is 0 Å². The van der Waals surface area contributed by atoms with E-state index in [-0.39, 0.29) is 18.2 Å². The Morgan fingerprint density at radius 1 is 1.42 bits per heavy atom. The summed E-state index contributed by atoms with van der Waals surface area (Å²) in [5.74, 6) is -1.05. The number of ether oxygens (including phenoxy) is 1. The Balaban J connectivity index is 2.65. The zero-order valence-electron chi connectivity index (χ0n) is 14.6. The quantitative estimate of drug-likeness (QED) is 0.655. The first-order valence-electron chi connectivity index (χ1n) is 7.89. The number of fused-ring (bicyclic) bond motifs is 1.